The van der Waals surface area contributed by atoms with Crippen LogP contribution in [0.25, 0.3) is 0 Å². The number of fused-ring (bicyclic) bond motifs is 1. The van der Waals surface area contributed by atoms with E-state index in [9.17, 15) is 4.79 Å². The fraction of sp³-hybridized carbons (Fsp3) is 0.923. The minimum atomic E-state index is 0. The van der Waals surface area contributed by atoms with Gasteiger partial charge in [-0.2, -0.15) is 0 Å². The smallest absolute Gasteiger partial charge is 0.236 e. The number of amides is 1. The Morgan fingerprint density at radius 2 is 1.88 bits per heavy atom. The van der Waals surface area contributed by atoms with Gasteiger partial charge < -0.3 is 10.2 Å². The predicted octanol–water partition coefficient (Wildman–Crippen LogP) is 1.52. The third-order valence-electron chi connectivity index (χ3n) is 4.88. The van der Waals surface area contributed by atoms with Crippen molar-refractivity contribution in [2.75, 3.05) is 26.2 Å². The van der Waals surface area contributed by atoms with Crippen molar-refractivity contribution >= 4 is 18.3 Å². The molecule has 2 aliphatic carbocycles. The van der Waals surface area contributed by atoms with Crippen LogP contribution >= 0.6 is 12.4 Å². The van der Waals surface area contributed by atoms with Crippen LogP contribution in [0, 0.1) is 23.2 Å². The zero-order chi connectivity index (χ0) is 11.3. The lowest BCUT2D eigenvalue weighted by Crippen LogP contribution is -2.39. The Morgan fingerprint density at radius 3 is 2.41 bits per heavy atom. The number of piperidine rings is 1. The van der Waals surface area contributed by atoms with E-state index < -0.39 is 0 Å². The molecule has 0 aromatic carbocycles. The van der Waals surface area contributed by atoms with Crippen LogP contribution in [-0.4, -0.2) is 37.0 Å². The van der Waals surface area contributed by atoms with Crippen molar-refractivity contribution in [1.29, 1.82) is 0 Å². The van der Waals surface area contributed by atoms with Crippen molar-refractivity contribution in [2.45, 2.75) is 26.7 Å². The molecule has 3 rings (SSSR count). The third-order valence-corrected chi connectivity index (χ3v) is 4.88. The number of halogens is 1. The van der Waals surface area contributed by atoms with Gasteiger partial charge in [0.25, 0.3) is 0 Å². The van der Waals surface area contributed by atoms with E-state index in [1.165, 1.54) is 12.8 Å². The molecule has 3 nitrogen and oxygen atoms in total. The molecule has 0 radical (unpaired) electrons. The van der Waals surface area contributed by atoms with Crippen LogP contribution in [-0.2, 0) is 4.79 Å². The van der Waals surface area contributed by atoms with Crippen LogP contribution in [0.5, 0.6) is 0 Å². The van der Waals surface area contributed by atoms with E-state index in [0.29, 0.717) is 17.9 Å². The Labute approximate surface area is 110 Å². The summed E-state index contributed by atoms with van der Waals surface area (Å²) in [6.07, 6.45) is 2.70. The lowest BCUT2D eigenvalue weighted by molar-refractivity contribution is -0.130. The molecule has 98 valence electrons. The highest BCUT2D eigenvalue weighted by Gasteiger charge is 2.62. The van der Waals surface area contributed by atoms with Gasteiger partial charge in [0.05, 0.1) is 6.54 Å². The second-order valence-electron chi connectivity index (χ2n) is 6.41. The molecule has 0 spiro atoms. The summed E-state index contributed by atoms with van der Waals surface area (Å²) in [5.74, 6) is 2.72. The molecular weight excluding hydrogens is 236 g/mol. The maximum absolute atomic E-state index is 11.9. The van der Waals surface area contributed by atoms with Crippen LogP contribution in [0.1, 0.15) is 26.7 Å². The van der Waals surface area contributed by atoms with Crippen LogP contribution in [0.2, 0.25) is 0 Å². The standard InChI is InChI=1S/C13H22N2O.ClH/c1-13(2)10-7-15(8-11(10)13)12(16)6-14-5-9-3-4-9;/h9-11,14H,3-8H2,1-2H3;1H. The van der Waals surface area contributed by atoms with Gasteiger partial charge in [-0.25, -0.2) is 0 Å². The quantitative estimate of drug-likeness (QED) is 0.829. The summed E-state index contributed by atoms with van der Waals surface area (Å²) < 4.78 is 0. The molecule has 2 unspecified atom stereocenters. The van der Waals surface area contributed by atoms with E-state index >= 15 is 0 Å². The first-order valence-electron chi connectivity index (χ1n) is 6.57. The molecule has 2 saturated carbocycles. The Kier molecular flexibility index (Phi) is 3.43. The van der Waals surface area contributed by atoms with E-state index in [2.05, 4.69) is 24.1 Å². The summed E-state index contributed by atoms with van der Waals surface area (Å²) in [6.45, 7) is 8.25. The summed E-state index contributed by atoms with van der Waals surface area (Å²) in [5, 5.41) is 3.28. The molecule has 0 aromatic heterocycles. The van der Waals surface area contributed by atoms with Crippen LogP contribution in [0.4, 0.5) is 0 Å². The topological polar surface area (TPSA) is 32.3 Å². The number of hydrogen-bond donors (Lipinski definition) is 1. The largest absolute Gasteiger partial charge is 0.341 e. The summed E-state index contributed by atoms with van der Waals surface area (Å²) >= 11 is 0. The maximum Gasteiger partial charge on any atom is 0.236 e. The van der Waals surface area contributed by atoms with Crippen LogP contribution < -0.4 is 5.32 Å². The predicted molar refractivity (Wildman–Crippen MR) is 70.2 cm³/mol. The fourth-order valence-electron chi connectivity index (χ4n) is 3.15. The monoisotopic (exact) mass is 258 g/mol. The minimum absolute atomic E-state index is 0. The Balaban J connectivity index is 0.00000108. The van der Waals surface area contributed by atoms with E-state index in [4.69, 9.17) is 0 Å². The van der Waals surface area contributed by atoms with E-state index in [1.54, 1.807) is 0 Å². The van der Waals surface area contributed by atoms with Crippen LogP contribution in [0.3, 0.4) is 0 Å². The summed E-state index contributed by atoms with van der Waals surface area (Å²) in [4.78, 5) is 13.9. The Morgan fingerprint density at radius 1 is 1.29 bits per heavy atom. The lowest BCUT2D eigenvalue weighted by atomic mass is 10.1. The summed E-state index contributed by atoms with van der Waals surface area (Å²) in [6, 6.07) is 0. The van der Waals surface area contributed by atoms with Crippen molar-refractivity contribution in [2.24, 2.45) is 23.2 Å². The average Bonchev–Trinajstić information content (AvgIpc) is 3.06. The molecule has 1 aliphatic heterocycles. The normalized spacial score (nSPS) is 32.9. The SMILES string of the molecule is CC1(C)C2CN(C(=O)CNCC3CC3)CC21.Cl. The molecule has 0 aromatic rings. The van der Waals surface area contributed by atoms with Gasteiger partial charge >= 0.3 is 0 Å². The third kappa shape index (κ3) is 2.45. The average molecular weight is 259 g/mol. The highest BCUT2D eigenvalue weighted by atomic mass is 35.5. The number of nitrogens with zero attached hydrogens (tertiary/aromatic N) is 1. The Bertz CT molecular complexity index is 301. The summed E-state index contributed by atoms with van der Waals surface area (Å²) in [5.41, 5.74) is 0.512. The number of hydrogen-bond acceptors (Lipinski definition) is 2. The molecule has 1 amide bonds. The number of nitrogens with one attached hydrogen (secondary N) is 1. The second kappa shape index (κ2) is 4.43. The molecule has 17 heavy (non-hydrogen) atoms. The highest BCUT2D eigenvalue weighted by molar-refractivity contribution is 5.85. The van der Waals surface area contributed by atoms with Gasteiger partial charge in [-0.3, -0.25) is 4.79 Å². The first kappa shape index (κ1) is 13.2. The summed E-state index contributed by atoms with van der Waals surface area (Å²) in [7, 11) is 0. The molecule has 3 fully saturated rings. The van der Waals surface area contributed by atoms with Gasteiger partial charge in [-0.05, 0) is 42.6 Å². The molecular formula is C13H23ClN2O. The minimum Gasteiger partial charge on any atom is -0.341 e. The van der Waals surface area contributed by atoms with Crippen LogP contribution in [0.15, 0.2) is 0 Å². The highest BCUT2D eigenvalue weighted by Crippen LogP contribution is 2.61. The van der Waals surface area contributed by atoms with Crippen molar-refractivity contribution in [3.05, 3.63) is 0 Å². The van der Waals surface area contributed by atoms with E-state index in [1.807, 2.05) is 0 Å². The van der Waals surface area contributed by atoms with Crippen molar-refractivity contribution in [1.82, 2.24) is 10.2 Å². The number of carbonyl (C=O) groups excluding carboxylic acids is 1. The zero-order valence-electron chi connectivity index (χ0n) is 10.7. The number of carbonyl (C=O) groups is 1. The van der Waals surface area contributed by atoms with E-state index in [0.717, 1.165) is 37.4 Å². The lowest BCUT2D eigenvalue weighted by Gasteiger charge is -2.22. The van der Waals surface area contributed by atoms with Gasteiger partial charge in [0.15, 0.2) is 0 Å². The van der Waals surface area contributed by atoms with Gasteiger partial charge in [-0.1, -0.05) is 13.8 Å². The van der Waals surface area contributed by atoms with Gasteiger partial charge in [0, 0.05) is 13.1 Å². The molecule has 3 aliphatic rings. The maximum atomic E-state index is 11.9. The fourth-order valence-corrected chi connectivity index (χ4v) is 3.15. The van der Waals surface area contributed by atoms with Crippen molar-refractivity contribution < 1.29 is 4.79 Å². The molecule has 1 saturated heterocycles. The van der Waals surface area contributed by atoms with Crippen molar-refractivity contribution in [3.63, 3.8) is 0 Å². The first-order chi connectivity index (χ1) is 7.59. The molecule has 0 bridgehead atoms. The number of likely N-dealkylation sites (tertiary alicyclic amines) is 1. The second-order valence-corrected chi connectivity index (χ2v) is 6.41. The Hall–Kier alpha value is -0.280. The molecule has 2 atom stereocenters. The number of rotatable bonds is 4. The zero-order valence-corrected chi connectivity index (χ0v) is 11.6. The van der Waals surface area contributed by atoms with Crippen molar-refractivity contribution in [3.8, 4) is 0 Å². The molecule has 1 heterocycles. The molecule has 1 N–H and O–H groups in total. The van der Waals surface area contributed by atoms with Gasteiger partial charge in [0.2, 0.25) is 5.91 Å². The first-order valence-corrected chi connectivity index (χ1v) is 6.57. The van der Waals surface area contributed by atoms with Gasteiger partial charge in [0.1, 0.15) is 0 Å². The van der Waals surface area contributed by atoms with Gasteiger partial charge in [-0.15, -0.1) is 12.4 Å². The van der Waals surface area contributed by atoms with E-state index in [-0.39, 0.29) is 12.4 Å². The molecule has 4 heteroatoms.